The molecule has 1 N–H and O–H groups in total. The normalized spacial score (nSPS) is 12.7. The van der Waals surface area contributed by atoms with Crippen molar-refractivity contribution in [2.24, 2.45) is 7.05 Å². The van der Waals surface area contributed by atoms with E-state index in [-0.39, 0.29) is 18.6 Å². The van der Waals surface area contributed by atoms with Crippen LogP contribution in [0.3, 0.4) is 0 Å². The Labute approximate surface area is 157 Å². The van der Waals surface area contributed by atoms with E-state index in [1.54, 1.807) is 38.6 Å². The number of nitrogens with zero attached hydrogens (tertiary/aromatic N) is 2. The van der Waals surface area contributed by atoms with Crippen molar-refractivity contribution >= 4 is 23.5 Å². The number of carbonyl (C=O) groups is 2. The van der Waals surface area contributed by atoms with Crippen LogP contribution in [0.15, 0.2) is 46.6 Å². The van der Waals surface area contributed by atoms with Crippen molar-refractivity contribution < 1.29 is 19.4 Å². The second kappa shape index (κ2) is 8.51. The molecule has 7 heteroatoms. The predicted octanol–water partition coefficient (Wildman–Crippen LogP) is 3.30. The molecule has 140 valence electrons. The highest BCUT2D eigenvalue weighted by Gasteiger charge is 2.23. The topological polar surface area (TPSA) is 81.4 Å². The van der Waals surface area contributed by atoms with Gasteiger partial charge in [-0.15, -0.1) is 0 Å². The van der Waals surface area contributed by atoms with E-state index in [9.17, 15) is 14.7 Å². The van der Waals surface area contributed by atoms with Gasteiger partial charge in [0.2, 0.25) is 0 Å². The van der Waals surface area contributed by atoms with Gasteiger partial charge in [-0.2, -0.15) is 0 Å². The number of aromatic nitrogens is 2. The Bertz CT molecular complexity index is 766. The van der Waals surface area contributed by atoms with E-state index < -0.39 is 17.7 Å². The standard InChI is InChI=1S/C19H24N2O4S/c1-19(2,3)25-17(24)11-13(22)10-16(23)15-12-20-18(21(15)4)26-14-8-6-5-7-9-14/h5-9,12,16,23H,10-11H2,1-4H3. The van der Waals surface area contributed by atoms with E-state index in [2.05, 4.69) is 4.98 Å². The van der Waals surface area contributed by atoms with Gasteiger partial charge in [0, 0.05) is 18.4 Å². The summed E-state index contributed by atoms with van der Waals surface area (Å²) >= 11 is 1.47. The number of hydrogen-bond donors (Lipinski definition) is 1. The lowest BCUT2D eigenvalue weighted by molar-refractivity contribution is -0.156. The lowest BCUT2D eigenvalue weighted by Crippen LogP contribution is -2.25. The van der Waals surface area contributed by atoms with Crippen molar-refractivity contribution in [3.63, 3.8) is 0 Å². The Hall–Kier alpha value is -2.12. The minimum Gasteiger partial charge on any atom is -0.460 e. The summed E-state index contributed by atoms with van der Waals surface area (Å²) < 4.78 is 6.88. The van der Waals surface area contributed by atoms with Gasteiger partial charge >= 0.3 is 5.97 Å². The van der Waals surface area contributed by atoms with Crippen molar-refractivity contribution in [2.75, 3.05) is 0 Å². The minimum atomic E-state index is -1.02. The van der Waals surface area contributed by atoms with Gasteiger partial charge in [0.05, 0.1) is 11.9 Å². The highest BCUT2D eigenvalue weighted by Crippen LogP contribution is 2.29. The fourth-order valence-corrected chi connectivity index (χ4v) is 3.19. The Kier molecular flexibility index (Phi) is 6.61. The van der Waals surface area contributed by atoms with Crippen molar-refractivity contribution in [3.05, 3.63) is 42.2 Å². The number of ether oxygens (including phenoxy) is 1. The van der Waals surface area contributed by atoms with E-state index in [4.69, 9.17) is 4.74 Å². The summed E-state index contributed by atoms with van der Waals surface area (Å²) in [5.41, 5.74) is -0.109. The van der Waals surface area contributed by atoms with Gasteiger partial charge in [-0.25, -0.2) is 4.98 Å². The molecule has 0 saturated carbocycles. The quantitative estimate of drug-likeness (QED) is 0.590. The summed E-state index contributed by atoms with van der Waals surface area (Å²) in [6.07, 6.45) is 0.0236. The van der Waals surface area contributed by atoms with Gasteiger partial charge in [-0.3, -0.25) is 9.59 Å². The molecule has 0 aliphatic rings. The van der Waals surface area contributed by atoms with Crippen molar-refractivity contribution in [3.8, 4) is 0 Å². The number of esters is 1. The molecule has 0 aliphatic carbocycles. The summed E-state index contributed by atoms with van der Waals surface area (Å²) in [6, 6.07) is 9.76. The number of ketones is 1. The highest BCUT2D eigenvalue weighted by atomic mass is 32.2. The molecule has 0 fully saturated rings. The maximum Gasteiger partial charge on any atom is 0.313 e. The lowest BCUT2D eigenvalue weighted by atomic mass is 10.1. The van der Waals surface area contributed by atoms with Gasteiger partial charge in [0.25, 0.3) is 0 Å². The molecule has 0 bridgehead atoms. The molecule has 1 aromatic heterocycles. The van der Waals surface area contributed by atoms with Crippen LogP contribution in [0.2, 0.25) is 0 Å². The summed E-state index contributed by atoms with van der Waals surface area (Å²) in [7, 11) is 1.79. The molecule has 1 atom stereocenters. The molecule has 1 unspecified atom stereocenters. The Balaban J connectivity index is 1.96. The molecule has 26 heavy (non-hydrogen) atoms. The molecule has 0 amide bonds. The molecule has 0 saturated heterocycles. The molecule has 6 nitrogen and oxygen atoms in total. The van der Waals surface area contributed by atoms with Crippen LogP contribution in [0, 0.1) is 0 Å². The number of aliphatic hydroxyl groups excluding tert-OH is 1. The first-order chi connectivity index (χ1) is 12.2. The second-order valence-corrected chi connectivity index (χ2v) is 8.00. The molecule has 0 radical (unpaired) electrons. The number of imidazole rings is 1. The molecule has 0 spiro atoms. The Morgan fingerprint density at radius 1 is 1.27 bits per heavy atom. The maximum atomic E-state index is 12.0. The van der Waals surface area contributed by atoms with Crippen LogP contribution < -0.4 is 0 Å². The van der Waals surface area contributed by atoms with Crippen molar-refractivity contribution in [2.45, 2.75) is 55.4 Å². The predicted molar refractivity (Wildman–Crippen MR) is 98.8 cm³/mol. The monoisotopic (exact) mass is 376 g/mol. The van der Waals surface area contributed by atoms with E-state index in [1.807, 2.05) is 30.3 Å². The molecule has 2 aromatic rings. The number of carbonyl (C=O) groups excluding carboxylic acids is 2. The smallest absolute Gasteiger partial charge is 0.313 e. The first-order valence-corrected chi connectivity index (χ1v) is 9.13. The number of aliphatic hydroxyl groups is 1. The number of rotatable bonds is 7. The molecular weight excluding hydrogens is 352 g/mol. The first-order valence-electron chi connectivity index (χ1n) is 8.32. The van der Waals surface area contributed by atoms with E-state index in [0.717, 1.165) is 4.90 Å². The number of hydrogen-bond acceptors (Lipinski definition) is 6. The average Bonchev–Trinajstić information content (AvgIpc) is 2.87. The van der Waals surface area contributed by atoms with Crippen molar-refractivity contribution in [1.29, 1.82) is 0 Å². The first kappa shape index (κ1) is 20.2. The fourth-order valence-electron chi connectivity index (χ4n) is 2.33. The van der Waals surface area contributed by atoms with Crippen LogP contribution in [-0.2, 0) is 21.4 Å². The average molecular weight is 376 g/mol. The van der Waals surface area contributed by atoms with Gasteiger partial charge in [0.15, 0.2) is 5.16 Å². The maximum absolute atomic E-state index is 12.0. The summed E-state index contributed by atoms with van der Waals surface area (Å²) in [5.74, 6) is -0.953. The van der Waals surface area contributed by atoms with Crippen molar-refractivity contribution in [1.82, 2.24) is 9.55 Å². The Morgan fingerprint density at radius 3 is 2.54 bits per heavy atom. The summed E-state index contributed by atoms with van der Waals surface area (Å²) in [4.78, 5) is 29.1. The van der Waals surface area contributed by atoms with E-state index >= 15 is 0 Å². The van der Waals surface area contributed by atoms with E-state index in [1.165, 1.54) is 11.8 Å². The van der Waals surface area contributed by atoms with Gasteiger partial charge in [-0.1, -0.05) is 30.0 Å². The Morgan fingerprint density at radius 2 is 1.92 bits per heavy atom. The summed E-state index contributed by atoms with van der Waals surface area (Å²) in [5, 5.41) is 11.1. The van der Waals surface area contributed by atoms with E-state index in [0.29, 0.717) is 10.9 Å². The SMILES string of the molecule is Cn1c(C(O)CC(=O)CC(=O)OC(C)(C)C)cnc1Sc1ccccc1. The van der Waals surface area contributed by atoms with Crippen LogP contribution >= 0.6 is 11.8 Å². The second-order valence-electron chi connectivity index (χ2n) is 6.96. The van der Waals surface area contributed by atoms with Crippen LogP contribution in [0.25, 0.3) is 0 Å². The third kappa shape index (κ3) is 6.00. The molecular formula is C19H24N2O4S. The van der Waals surface area contributed by atoms with Gasteiger partial charge in [0.1, 0.15) is 23.9 Å². The zero-order chi connectivity index (χ0) is 19.3. The third-order valence-corrected chi connectivity index (χ3v) is 4.53. The zero-order valence-corrected chi connectivity index (χ0v) is 16.2. The van der Waals surface area contributed by atoms with Crippen LogP contribution in [0.4, 0.5) is 0 Å². The van der Waals surface area contributed by atoms with Gasteiger partial charge in [-0.05, 0) is 32.9 Å². The zero-order valence-electron chi connectivity index (χ0n) is 15.4. The molecule has 1 aromatic carbocycles. The molecule has 0 aliphatic heterocycles. The number of benzene rings is 1. The van der Waals surface area contributed by atoms with Crippen LogP contribution in [-0.4, -0.2) is 32.0 Å². The molecule has 2 rings (SSSR count). The van der Waals surface area contributed by atoms with Crippen LogP contribution in [0.1, 0.15) is 45.4 Å². The van der Waals surface area contributed by atoms with Crippen LogP contribution in [0.5, 0.6) is 0 Å². The number of Topliss-reactive ketones (excluding diaryl/α,β-unsaturated/α-hetero) is 1. The third-order valence-electron chi connectivity index (χ3n) is 3.46. The molecule has 1 heterocycles. The minimum absolute atomic E-state index is 0.159. The lowest BCUT2D eigenvalue weighted by Gasteiger charge is -2.19. The summed E-state index contributed by atoms with van der Waals surface area (Å²) in [6.45, 7) is 5.23. The highest BCUT2D eigenvalue weighted by molar-refractivity contribution is 7.99. The van der Waals surface area contributed by atoms with Gasteiger partial charge < -0.3 is 14.4 Å². The largest absolute Gasteiger partial charge is 0.460 e. The fraction of sp³-hybridized carbons (Fsp3) is 0.421.